The summed E-state index contributed by atoms with van der Waals surface area (Å²) in [5.41, 5.74) is 3.18. The number of amides is 1. The van der Waals surface area contributed by atoms with E-state index < -0.39 is 0 Å². The number of nitrogens with one attached hydrogen (secondary N) is 2. The minimum atomic E-state index is -0.347. The molecule has 2 N–H and O–H groups in total. The van der Waals surface area contributed by atoms with E-state index in [0.29, 0.717) is 12.2 Å². The monoisotopic (exact) mass is 367 g/mol. The van der Waals surface area contributed by atoms with Crippen molar-refractivity contribution in [2.45, 2.75) is 32.8 Å². The summed E-state index contributed by atoms with van der Waals surface area (Å²) in [5, 5.41) is 12.6. The zero-order valence-electron chi connectivity index (χ0n) is 15.7. The number of carbonyl (C=O) groups excluding carboxylic acids is 1. The summed E-state index contributed by atoms with van der Waals surface area (Å²) < 4.78 is 5.50. The van der Waals surface area contributed by atoms with E-state index in [0.717, 1.165) is 36.3 Å². The normalized spacial score (nSPS) is 16.6. The fourth-order valence-electron chi connectivity index (χ4n) is 3.11. The number of hydrogen-bond donors (Lipinski definition) is 2. The van der Waals surface area contributed by atoms with Gasteiger partial charge in [-0.05, 0) is 49.9 Å². The summed E-state index contributed by atoms with van der Waals surface area (Å²) in [4.78, 5) is 18.6. The number of benzene rings is 2. The van der Waals surface area contributed by atoms with Gasteiger partial charge in [-0.1, -0.05) is 36.4 Å². The standard InChI is InChI=1S/C21H25N3O3/c1-15-8-6-9-16(2)19(15)24(27-18-12-7-13-26-14-18)21(22)23-20(25)17-10-4-3-5-11-17/h3-6,8-11,18H,7,12-14H2,1-2H3,(H2,22,23,25). The Kier molecular flexibility index (Phi) is 6.21. The van der Waals surface area contributed by atoms with Crippen LogP contribution in [0.15, 0.2) is 48.5 Å². The highest BCUT2D eigenvalue weighted by atomic mass is 16.7. The number of aryl methyl sites for hydroxylation is 2. The van der Waals surface area contributed by atoms with E-state index in [1.807, 2.05) is 38.1 Å². The second-order valence-electron chi connectivity index (χ2n) is 6.65. The Morgan fingerprint density at radius 2 is 1.85 bits per heavy atom. The van der Waals surface area contributed by atoms with Gasteiger partial charge in [0, 0.05) is 12.2 Å². The molecule has 1 atom stereocenters. The number of para-hydroxylation sites is 1. The van der Waals surface area contributed by atoms with Crippen LogP contribution in [-0.4, -0.2) is 31.2 Å². The van der Waals surface area contributed by atoms with Crippen LogP contribution in [0.5, 0.6) is 0 Å². The van der Waals surface area contributed by atoms with Crippen molar-refractivity contribution >= 4 is 17.6 Å². The van der Waals surface area contributed by atoms with Gasteiger partial charge < -0.3 is 4.74 Å². The van der Waals surface area contributed by atoms with Gasteiger partial charge in [-0.15, -0.1) is 0 Å². The molecule has 6 heteroatoms. The van der Waals surface area contributed by atoms with Gasteiger partial charge in [0.05, 0.1) is 12.3 Å². The average molecular weight is 367 g/mol. The van der Waals surface area contributed by atoms with Gasteiger partial charge in [-0.2, -0.15) is 5.06 Å². The number of carbonyl (C=O) groups is 1. The number of guanidine groups is 1. The summed E-state index contributed by atoms with van der Waals surface area (Å²) in [5.74, 6) is -0.466. The van der Waals surface area contributed by atoms with E-state index >= 15 is 0 Å². The third-order valence-electron chi connectivity index (χ3n) is 4.49. The molecule has 3 rings (SSSR count). The Bertz CT molecular complexity index is 781. The fourth-order valence-corrected chi connectivity index (χ4v) is 3.11. The van der Waals surface area contributed by atoms with Crippen molar-refractivity contribution in [1.29, 1.82) is 5.41 Å². The van der Waals surface area contributed by atoms with Crippen LogP contribution in [0, 0.1) is 19.3 Å². The molecule has 0 aliphatic carbocycles. The lowest BCUT2D eigenvalue weighted by Crippen LogP contribution is -2.47. The number of ether oxygens (including phenoxy) is 1. The van der Waals surface area contributed by atoms with E-state index in [9.17, 15) is 4.79 Å². The summed E-state index contributed by atoms with van der Waals surface area (Å²) in [6.07, 6.45) is 1.60. The molecule has 0 bridgehead atoms. The first kappa shape index (κ1) is 19.1. The van der Waals surface area contributed by atoms with Gasteiger partial charge in [0.15, 0.2) is 0 Å². The van der Waals surface area contributed by atoms with Gasteiger partial charge in [-0.25, -0.2) is 0 Å². The van der Waals surface area contributed by atoms with E-state index in [1.54, 1.807) is 24.3 Å². The van der Waals surface area contributed by atoms with Crippen LogP contribution in [0.3, 0.4) is 0 Å². The lowest BCUT2D eigenvalue weighted by molar-refractivity contribution is -0.0484. The summed E-state index contributed by atoms with van der Waals surface area (Å²) in [6.45, 7) is 5.12. The first-order chi connectivity index (χ1) is 13.1. The molecule has 1 fully saturated rings. The Hall–Kier alpha value is -2.70. The number of hydrogen-bond acceptors (Lipinski definition) is 4. The zero-order valence-corrected chi connectivity index (χ0v) is 15.7. The molecule has 142 valence electrons. The highest BCUT2D eigenvalue weighted by molar-refractivity contribution is 6.09. The van der Waals surface area contributed by atoms with Crippen LogP contribution in [0.25, 0.3) is 0 Å². The number of nitrogens with zero attached hydrogens (tertiary/aromatic N) is 1. The van der Waals surface area contributed by atoms with Gasteiger partial charge in [-0.3, -0.25) is 20.4 Å². The Balaban J connectivity index is 1.84. The highest BCUT2D eigenvalue weighted by Gasteiger charge is 2.25. The van der Waals surface area contributed by atoms with Crippen molar-refractivity contribution in [2.75, 3.05) is 18.3 Å². The average Bonchev–Trinajstić information content (AvgIpc) is 2.68. The maximum Gasteiger partial charge on any atom is 0.258 e. The van der Waals surface area contributed by atoms with Crippen molar-refractivity contribution < 1.29 is 14.4 Å². The zero-order chi connectivity index (χ0) is 19.2. The molecule has 1 aliphatic heterocycles. The third-order valence-corrected chi connectivity index (χ3v) is 4.49. The lowest BCUT2D eigenvalue weighted by Gasteiger charge is -2.32. The first-order valence-corrected chi connectivity index (χ1v) is 9.12. The quantitative estimate of drug-likeness (QED) is 0.492. The molecule has 0 aromatic heterocycles. The van der Waals surface area contributed by atoms with Crippen LogP contribution in [0.2, 0.25) is 0 Å². The number of rotatable bonds is 4. The van der Waals surface area contributed by atoms with Gasteiger partial charge in [0.25, 0.3) is 5.91 Å². The minimum Gasteiger partial charge on any atom is -0.379 e. The molecule has 1 amide bonds. The van der Waals surface area contributed by atoms with Crippen molar-refractivity contribution in [2.24, 2.45) is 0 Å². The second kappa shape index (κ2) is 8.79. The van der Waals surface area contributed by atoms with Crippen molar-refractivity contribution in [3.8, 4) is 0 Å². The Morgan fingerprint density at radius 1 is 1.15 bits per heavy atom. The van der Waals surface area contributed by atoms with Crippen molar-refractivity contribution in [3.63, 3.8) is 0 Å². The Labute approximate surface area is 159 Å². The number of hydroxylamine groups is 1. The molecule has 0 saturated carbocycles. The van der Waals surface area contributed by atoms with Crippen LogP contribution in [0.1, 0.15) is 34.3 Å². The molecule has 1 heterocycles. The predicted molar refractivity (Wildman–Crippen MR) is 105 cm³/mol. The van der Waals surface area contributed by atoms with Gasteiger partial charge in [0.2, 0.25) is 5.96 Å². The molecule has 0 spiro atoms. The van der Waals surface area contributed by atoms with Crippen LogP contribution in [-0.2, 0) is 9.57 Å². The van der Waals surface area contributed by atoms with Gasteiger partial charge >= 0.3 is 0 Å². The van der Waals surface area contributed by atoms with E-state index in [4.69, 9.17) is 15.0 Å². The van der Waals surface area contributed by atoms with Crippen LogP contribution < -0.4 is 10.4 Å². The lowest BCUT2D eigenvalue weighted by atomic mass is 10.1. The molecule has 1 saturated heterocycles. The maximum absolute atomic E-state index is 12.5. The molecule has 0 radical (unpaired) electrons. The molecule has 27 heavy (non-hydrogen) atoms. The highest BCUT2D eigenvalue weighted by Crippen LogP contribution is 2.26. The number of anilines is 1. The second-order valence-corrected chi connectivity index (χ2v) is 6.65. The maximum atomic E-state index is 12.5. The predicted octanol–water partition coefficient (Wildman–Crippen LogP) is 3.59. The summed E-state index contributed by atoms with van der Waals surface area (Å²) in [6, 6.07) is 14.7. The molecule has 1 aliphatic rings. The van der Waals surface area contributed by atoms with Crippen molar-refractivity contribution in [1.82, 2.24) is 5.32 Å². The molecular weight excluding hydrogens is 342 g/mol. The molecule has 2 aromatic rings. The topological polar surface area (TPSA) is 74.7 Å². The Morgan fingerprint density at radius 3 is 2.48 bits per heavy atom. The van der Waals surface area contributed by atoms with E-state index in [2.05, 4.69) is 5.32 Å². The molecule has 1 unspecified atom stereocenters. The first-order valence-electron chi connectivity index (χ1n) is 9.12. The minimum absolute atomic E-state index is 0.119. The summed E-state index contributed by atoms with van der Waals surface area (Å²) in [7, 11) is 0. The molecule has 6 nitrogen and oxygen atoms in total. The van der Waals surface area contributed by atoms with Crippen LogP contribution in [0.4, 0.5) is 5.69 Å². The van der Waals surface area contributed by atoms with E-state index in [1.165, 1.54) is 5.06 Å². The molecular formula is C21H25N3O3. The summed E-state index contributed by atoms with van der Waals surface area (Å²) >= 11 is 0. The molecule has 2 aromatic carbocycles. The van der Waals surface area contributed by atoms with Crippen molar-refractivity contribution in [3.05, 3.63) is 65.2 Å². The van der Waals surface area contributed by atoms with E-state index in [-0.39, 0.29) is 18.0 Å². The van der Waals surface area contributed by atoms with Gasteiger partial charge in [0.1, 0.15) is 6.10 Å². The largest absolute Gasteiger partial charge is 0.379 e. The fraction of sp³-hybridized carbons (Fsp3) is 0.333. The smallest absolute Gasteiger partial charge is 0.258 e. The SMILES string of the molecule is Cc1cccc(C)c1N(OC1CCCOC1)C(=N)NC(=O)c1ccccc1. The van der Waals surface area contributed by atoms with Crippen LogP contribution >= 0.6 is 0 Å². The third kappa shape index (κ3) is 4.72.